The minimum atomic E-state index is -2.99. The number of hydrogen-bond acceptors (Lipinski definition) is 6. The van der Waals surface area contributed by atoms with Gasteiger partial charge in [-0.1, -0.05) is 11.8 Å². The zero-order chi connectivity index (χ0) is 17.6. The highest BCUT2D eigenvalue weighted by molar-refractivity contribution is 7.99. The van der Waals surface area contributed by atoms with E-state index in [1.165, 1.54) is 37.4 Å². The Labute approximate surface area is 152 Å². The van der Waals surface area contributed by atoms with E-state index >= 15 is 0 Å². The molecule has 3 aliphatic rings. The van der Waals surface area contributed by atoms with Crippen molar-refractivity contribution in [2.75, 3.05) is 23.8 Å². The topological polar surface area (TPSA) is 85.2 Å². The molecule has 138 valence electrons. The maximum atomic E-state index is 12.6. The second kappa shape index (κ2) is 6.57. The zero-order valence-electron chi connectivity index (χ0n) is 14.4. The van der Waals surface area contributed by atoms with Crippen LogP contribution in [0.2, 0.25) is 0 Å². The lowest BCUT2D eigenvalue weighted by Gasteiger charge is -2.26. The lowest BCUT2D eigenvalue weighted by molar-refractivity contribution is -0.129. The monoisotopic (exact) mass is 384 g/mol. The predicted octanol–water partition coefficient (Wildman–Crippen LogP) is 1.62. The first-order chi connectivity index (χ1) is 12.0. The molecule has 1 amide bonds. The van der Waals surface area contributed by atoms with E-state index in [0.717, 1.165) is 11.0 Å². The van der Waals surface area contributed by atoms with Crippen molar-refractivity contribution in [2.24, 2.45) is 0 Å². The zero-order valence-corrected chi connectivity index (χ0v) is 16.1. The first-order valence-electron chi connectivity index (χ1n) is 9.06. The van der Waals surface area contributed by atoms with Crippen LogP contribution in [0.1, 0.15) is 56.8 Å². The quantitative estimate of drug-likeness (QED) is 0.664. The van der Waals surface area contributed by atoms with Crippen molar-refractivity contribution in [3.8, 4) is 0 Å². The third kappa shape index (κ3) is 3.72. The molecule has 1 aliphatic heterocycles. The van der Waals surface area contributed by atoms with Gasteiger partial charge in [-0.15, -0.1) is 10.2 Å². The van der Waals surface area contributed by atoms with Gasteiger partial charge in [-0.25, -0.2) is 8.42 Å². The van der Waals surface area contributed by atoms with Crippen molar-refractivity contribution in [3.63, 3.8) is 0 Å². The normalized spacial score (nSPS) is 25.2. The number of nitrogens with zero attached hydrogens (tertiary/aromatic N) is 4. The summed E-state index contributed by atoms with van der Waals surface area (Å²) in [6.45, 7) is 2.45. The van der Waals surface area contributed by atoms with E-state index in [4.69, 9.17) is 0 Å². The fourth-order valence-electron chi connectivity index (χ4n) is 3.55. The number of rotatable bonds is 7. The second-order valence-corrected chi connectivity index (χ2v) is 10.4. The summed E-state index contributed by atoms with van der Waals surface area (Å²) in [5.41, 5.74) is 0. The summed E-state index contributed by atoms with van der Waals surface area (Å²) in [4.78, 5) is 14.4. The van der Waals surface area contributed by atoms with Crippen LogP contribution in [0.4, 0.5) is 0 Å². The molecule has 25 heavy (non-hydrogen) atoms. The third-order valence-electron chi connectivity index (χ3n) is 5.18. The number of carbonyl (C=O) groups excluding carboxylic acids is 1. The van der Waals surface area contributed by atoms with Crippen LogP contribution in [-0.4, -0.2) is 63.8 Å². The first-order valence-corrected chi connectivity index (χ1v) is 11.9. The maximum absolute atomic E-state index is 12.6. The van der Waals surface area contributed by atoms with Gasteiger partial charge >= 0.3 is 0 Å². The highest BCUT2D eigenvalue weighted by atomic mass is 32.2. The highest BCUT2D eigenvalue weighted by Gasteiger charge is 2.37. The molecule has 0 aromatic carbocycles. The van der Waals surface area contributed by atoms with Crippen LogP contribution in [0.25, 0.3) is 0 Å². The number of sulfone groups is 1. The predicted molar refractivity (Wildman–Crippen MR) is 95.4 cm³/mol. The first kappa shape index (κ1) is 17.3. The van der Waals surface area contributed by atoms with Crippen LogP contribution in [0.5, 0.6) is 0 Å². The molecule has 0 unspecified atom stereocenters. The fourth-order valence-corrected chi connectivity index (χ4v) is 6.18. The molecule has 1 saturated heterocycles. The Morgan fingerprint density at radius 2 is 2.00 bits per heavy atom. The average molecular weight is 385 g/mol. The average Bonchev–Trinajstić information content (AvgIpc) is 3.50. The van der Waals surface area contributed by atoms with E-state index < -0.39 is 9.84 Å². The lowest BCUT2D eigenvalue weighted by atomic mass is 10.2. The molecular weight excluding hydrogens is 360 g/mol. The molecule has 1 aromatic rings. The smallest absolute Gasteiger partial charge is 0.233 e. The van der Waals surface area contributed by atoms with Gasteiger partial charge in [0.15, 0.2) is 15.0 Å². The van der Waals surface area contributed by atoms with Crippen LogP contribution in [0, 0.1) is 0 Å². The van der Waals surface area contributed by atoms with Crippen LogP contribution in [0.3, 0.4) is 0 Å². The Balaban J connectivity index is 1.41. The van der Waals surface area contributed by atoms with E-state index in [9.17, 15) is 13.2 Å². The maximum Gasteiger partial charge on any atom is 0.233 e. The summed E-state index contributed by atoms with van der Waals surface area (Å²) in [6.07, 6.45) is 5.26. The Morgan fingerprint density at radius 3 is 2.56 bits per heavy atom. The van der Waals surface area contributed by atoms with E-state index in [1.54, 1.807) is 4.90 Å². The summed E-state index contributed by atoms with van der Waals surface area (Å²) in [7, 11) is -2.99. The SMILES string of the molecule is CCN(C(=O)CSc1nnc(C2CC2)n1C1CC1)[C@H]1CCS(=O)(=O)C1. The number of thioether (sulfide) groups is 1. The molecule has 3 fully saturated rings. The summed E-state index contributed by atoms with van der Waals surface area (Å²) >= 11 is 1.44. The van der Waals surface area contributed by atoms with Gasteiger partial charge in [-0.3, -0.25) is 4.79 Å². The molecule has 2 heterocycles. The van der Waals surface area contributed by atoms with Crippen LogP contribution >= 0.6 is 11.8 Å². The molecule has 0 radical (unpaired) electrons. The minimum absolute atomic E-state index is 0.00656. The van der Waals surface area contributed by atoms with Gasteiger partial charge in [0, 0.05) is 24.5 Å². The summed E-state index contributed by atoms with van der Waals surface area (Å²) in [5, 5.41) is 9.53. The Morgan fingerprint density at radius 1 is 1.24 bits per heavy atom. The molecule has 0 spiro atoms. The highest BCUT2D eigenvalue weighted by Crippen LogP contribution is 2.46. The molecule has 1 aromatic heterocycles. The van der Waals surface area contributed by atoms with E-state index in [2.05, 4.69) is 14.8 Å². The van der Waals surface area contributed by atoms with E-state index in [1.807, 2.05) is 6.92 Å². The van der Waals surface area contributed by atoms with Crippen LogP contribution < -0.4 is 0 Å². The lowest BCUT2D eigenvalue weighted by Crippen LogP contribution is -2.42. The minimum Gasteiger partial charge on any atom is -0.338 e. The molecule has 0 bridgehead atoms. The van der Waals surface area contributed by atoms with Crippen molar-refractivity contribution in [1.82, 2.24) is 19.7 Å². The van der Waals surface area contributed by atoms with E-state index in [0.29, 0.717) is 30.7 Å². The van der Waals surface area contributed by atoms with Crippen molar-refractivity contribution in [2.45, 2.75) is 62.2 Å². The van der Waals surface area contributed by atoms with Gasteiger partial charge in [0.2, 0.25) is 5.91 Å². The van der Waals surface area contributed by atoms with Crippen LogP contribution in [0.15, 0.2) is 5.16 Å². The standard InChI is InChI=1S/C16H24N4O3S2/c1-2-19(13-7-8-25(22,23)10-13)14(21)9-24-16-18-17-15(11-3-4-11)20(16)12-5-6-12/h11-13H,2-10H2,1H3/t13-/m0/s1. The van der Waals surface area contributed by atoms with Gasteiger partial charge in [-0.05, 0) is 39.0 Å². The Hall–Kier alpha value is -1.09. The molecule has 9 heteroatoms. The van der Waals surface area contributed by atoms with Crippen molar-refractivity contribution >= 4 is 27.5 Å². The molecule has 0 N–H and O–H groups in total. The summed E-state index contributed by atoms with van der Waals surface area (Å²) in [5.74, 6) is 2.21. The summed E-state index contributed by atoms with van der Waals surface area (Å²) < 4.78 is 25.6. The molecule has 7 nitrogen and oxygen atoms in total. The molecule has 4 rings (SSSR count). The number of aromatic nitrogens is 3. The number of amides is 1. The number of carbonyl (C=O) groups is 1. The molecular formula is C16H24N4O3S2. The van der Waals surface area contributed by atoms with Crippen molar-refractivity contribution < 1.29 is 13.2 Å². The van der Waals surface area contributed by atoms with Gasteiger partial charge in [0.25, 0.3) is 0 Å². The molecule has 2 aliphatic carbocycles. The largest absolute Gasteiger partial charge is 0.338 e. The Bertz CT molecular complexity index is 768. The van der Waals surface area contributed by atoms with Gasteiger partial charge < -0.3 is 9.47 Å². The fraction of sp³-hybridized carbons (Fsp3) is 0.812. The van der Waals surface area contributed by atoms with E-state index in [-0.39, 0.29) is 23.5 Å². The Kier molecular flexibility index (Phi) is 4.56. The second-order valence-electron chi connectivity index (χ2n) is 7.24. The van der Waals surface area contributed by atoms with Gasteiger partial charge in [-0.2, -0.15) is 0 Å². The van der Waals surface area contributed by atoms with Gasteiger partial charge in [0.1, 0.15) is 5.82 Å². The molecule has 2 saturated carbocycles. The summed E-state index contributed by atoms with van der Waals surface area (Å²) in [6, 6.07) is 0.330. The van der Waals surface area contributed by atoms with Gasteiger partial charge in [0.05, 0.1) is 17.3 Å². The van der Waals surface area contributed by atoms with Crippen molar-refractivity contribution in [1.29, 1.82) is 0 Å². The molecule has 1 atom stereocenters. The third-order valence-corrected chi connectivity index (χ3v) is 7.86. The number of hydrogen-bond donors (Lipinski definition) is 0. The van der Waals surface area contributed by atoms with Crippen LogP contribution in [-0.2, 0) is 14.6 Å². The van der Waals surface area contributed by atoms with Crippen molar-refractivity contribution in [3.05, 3.63) is 5.82 Å².